The number of anilines is 1. The Balaban J connectivity index is 1.21. The minimum Gasteiger partial charge on any atom is -0.465 e. The van der Waals surface area contributed by atoms with Crippen molar-refractivity contribution < 1.29 is 14.7 Å². The van der Waals surface area contributed by atoms with Crippen LogP contribution in [-0.2, 0) is 4.79 Å². The van der Waals surface area contributed by atoms with Gasteiger partial charge in [0.2, 0.25) is 5.91 Å². The van der Waals surface area contributed by atoms with E-state index in [1.165, 1.54) is 19.2 Å². The van der Waals surface area contributed by atoms with Crippen LogP contribution in [0.4, 0.5) is 10.5 Å². The maximum absolute atomic E-state index is 14.3. The van der Waals surface area contributed by atoms with E-state index in [1.807, 2.05) is 29.3 Å². The Bertz CT molecular complexity index is 1710. The van der Waals surface area contributed by atoms with Crippen LogP contribution in [0.1, 0.15) is 49.5 Å². The molecule has 3 atom stereocenters. The Kier molecular flexibility index (Phi) is 8.55. The predicted molar refractivity (Wildman–Crippen MR) is 173 cm³/mol. The van der Waals surface area contributed by atoms with Crippen LogP contribution in [-0.4, -0.2) is 71.8 Å². The van der Waals surface area contributed by atoms with Gasteiger partial charge in [0.1, 0.15) is 12.2 Å². The first-order chi connectivity index (χ1) is 22.4. The van der Waals surface area contributed by atoms with Crippen molar-refractivity contribution in [3.05, 3.63) is 77.5 Å². The van der Waals surface area contributed by atoms with Gasteiger partial charge in [0.15, 0.2) is 0 Å². The lowest BCUT2D eigenvalue weighted by molar-refractivity contribution is -0.134. The number of hydrogen-bond donors (Lipinski definition) is 4. The van der Waals surface area contributed by atoms with Crippen molar-refractivity contribution in [3.63, 3.8) is 0 Å². The van der Waals surface area contributed by atoms with E-state index in [-0.39, 0.29) is 11.9 Å². The highest BCUT2D eigenvalue weighted by Crippen LogP contribution is 2.52. The molecule has 238 valence electrons. The SMILES string of the molecule is O=C(O)Nc1ccc(-c2c[nH]c([C@@H]3[C@H](C4CC4)C[C@H](C4CCNCC4)CN3C(=O)/C=C/c3cc(Cl)ccc3-n3cnnn3)n2)cc1. The fourth-order valence-corrected chi connectivity index (χ4v) is 7.42. The van der Waals surface area contributed by atoms with Gasteiger partial charge in [-0.05, 0) is 116 Å². The number of imidazole rings is 1. The number of likely N-dealkylation sites (tertiary alicyclic amines) is 1. The maximum atomic E-state index is 14.3. The molecule has 1 aliphatic carbocycles. The smallest absolute Gasteiger partial charge is 0.409 e. The molecule has 7 rings (SSSR count). The van der Waals surface area contributed by atoms with E-state index < -0.39 is 6.09 Å². The molecular weight excluding hydrogens is 606 g/mol. The van der Waals surface area contributed by atoms with Gasteiger partial charge >= 0.3 is 6.09 Å². The number of nitrogens with one attached hydrogen (secondary N) is 3. The number of aromatic nitrogens is 6. The first-order valence-electron chi connectivity index (χ1n) is 15.8. The average Bonchev–Trinajstić information content (AvgIpc) is 3.54. The van der Waals surface area contributed by atoms with E-state index in [0.29, 0.717) is 40.9 Å². The summed E-state index contributed by atoms with van der Waals surface area (Å²) in [4.78, 5) is 35.8. The van der Waals surface area contributed by atoms with E-state index in [1.54, 1.807) is 41.1 Å². The van der Waals surface area contributed by atoms with Crippen molar-refractivity contribution in [2.24, 2.45) is 23.7 Å². The number of halogens is 1. The summed E-state index contributed by atoms with van der Waals surface area (Å²) in [6.45, 7) is 2.70. The van der Waals surface area contributed by atoms with Crippen molar-refractivity contribution in [1.29, 1.82) is 0 Å². The second kappa shape index (κ2) is 13.1. The highest BCUT2D eigenvalue weighted by molar-refractivity contribution is 6.30. The Morgan fingerprint density at radius 1 is 1.02 bits per heavy atom. The summed E-state index contributed by atoms with van der Waals surface area (Å²) < 4.78 is 1.55. The molecule has 2 aromatic heterocycles. The quantitative estimate of drug-likeness (QED) is 0.186. The van der Waals surface area contributed by atoms with Gasteiger partial charge < -0.3 is 20.3 Å². The molecule has 2 aliphatic heterocycles. The van der Waals surface area contributed by atoms with Gasteiger partial charge in [-0.15, -0.1) is 5.10 Å². The number of benzene rings is 2. The fourth-order valence-electron chi connectivity index (χ4n) is 7.24. The normalized spacial score (nSPS) is 22.3. The molecule has 0 bridgehead atoms. The lowest BCUT2D eigenvalue weighted by atomic mass is 9.72. The number of amides is 2. The summed E-state index contributed by atoms with van der Waals surface area (Å²) in [7, 11) is 0. The van der Waals surface area contributed by atoms with Crippen LogP contribution in [0.25, 0.3) is 23.0 Å². The van der Waals surface area contributed by atoms with Gasteiger partial charge in [0.05, 0.1) is 17.4 Å². The van der Waals surface area contributed by atoms with Crippen molar-refractivity contribution in [2.45, 2.75) is 38.1 Å². The molecule has 2 amide bonds. The monoisotopic (exact) mass is 641 g/mol. The predicted octanol–water partition coefficient (Wildman–Crippen LogP) is 5.42. The zero-order valence-electron chi connectivity index (χ0n) is 25.2. The van der Waals surface area contributed by atoms with E-state index in [9.17, 15) is 9.59 Å². The molecule has 3 aliphatic rings. The highest BCUT2D eigenvalue weighted by Gasteiger charge is 2.48. The molecule has 12 nitrogen and oxygen atoms in total. The molecule has 4 aromatic rings. The second-order valence-electron chi connectivity index (χ2n) is 12.5. The third-order valence-electron chi connectivity index (χ3n) is 9.61. The summed E-state index contributed by atoms with van der Waals surface area (Å²) >= 11 is 6.36. The molecular formula is C33H36ClN9O3. The zero-order valence-corrected chi connectivity index (χ0v) is 26.0. The van der Waals surface area contributed by atoms with Crippen LogP contribution in [0.2, 0.25) is 5.02 Å². The lowest BCUT2D eigenvalue weighted by Crippen LogP contribution is -2.49. The number of rotatable bonds is 8. The van der Waals surface area contributed by atoms with Gasteiger partial charge in [0.25, 0.3) is 0 Å². The largest absolute Gasteiger partial charge is 0.465 e. The molecule has 46 heavy (non-hydrogen) atoms. The molecule has 2 aromatic carbocycles. The van der Waals surface area contributed by atoms with Crippen LogP contribution in [0, 0.1) is 23.7 Å². The van der Waals surface area contributed by atoms with Crippen molar-refractivity contribution >= 4 is 35.4 Å². The molecule has 0 radical (unpaired) electrons. The first-order valence-corrected chi connectivity index (χ1v) is 16.2. The van der Waals surface area contributed by atoms with E-state index in [4.69, 9.17) is 21.7 Å². The summed E-state index contributed by atoms with van der Waals surface area (Å²) in [5.41, 5.74) is 3.55. The third-order valence-corrected chi connectivity index (χ3v) is 9.84. The number of carboxylic acid groups (broad SMARTS) is 1. The molecule has 1 saturated carbocycles. The second-order valence-corrected chi connectivity index (χ2v) is 12.9. The Morgan fingerprint density at radius 2 is 1.83 bits per heavy atom. The zero-order chi connectivity index (χ0) is 31.6. The standard InChI is InChI=1S/C33H36ClN9O3/c34-25-6-9-29(43-19-37-40-41-43)23(15-25)5-10-30(44)42-18-24(20-11-13-35-14-12-20)16-27(21-1-2-21)31(42)32-36-17-28(39-32)22-3-7-26(8-4-22)38-33(45)46/h3-10,15,17,19-21,24,27,31,35,38H,1-2,11-14,16,18H2,(H,36,39)(H,45,46)/b10-5+/t24-,27-,31-/m0/s1. The van der Waals surface area contributed by atoms with Gasteiger partial charge in [-0.2, -0.15) is 4.68 Å². The number of aromatic amines is 1. The molecule has 4 heterocycles. The number of nitrogens with zero attached hydrogens (tertiary/aromatic N) is 6. The number of carbonyl (C=O) groups excluding carboxylic acids is 1. The number of carbonyl (C=O) groups is 2. The Labute approximate surface area is 271 Å². The fraction of sp³-hybridized carbons (Fsp3) is 0.394. The lowest BCUT2D eigenvalue weighted by Gasteiger charge is -2.47. The van der Waals surface area contributed by atoms with Crippen molar-refractivity contribution in [3.8, 4) is 16.9 Å². The summed E-state index contributed by atoms with van der Waals surface area (Å²) in [5, 5.41) is 27.0. The van der Waals surface area contributed by atoms with E-state index >= 15 is 0 Å². The van der Waals surface area contributed by atoms with Gasteiger partial charge in [-0.3, -0.25) is 10.1 Å². The van der Waals surface area contributed by atoms with Crippen LogP contribution >= 0.6 is 11.6 Å². The van der Waals surface area contributed by atoms with Crippen LogP contribution in [0.5, 0.6) is 0 Å². The number of tetrazole rings is 1. The Morgan fingerprint density at radius 3 is 2.54 bits per heavy atom. The number of H-pyrrole nitrogens is 1. The molecule has 4 N–H and O–H groups in total. The van der Waals surface area contributed by atoms with Crippen LogP contribution in [0.3, 0.4) is 0 Å². The van der Waals surface area contributed by atoms with Crippen LogP contribution in [0.15, 0.2) is 61.1 Å². The summed E-state index contributed by atoms with van der Waals surface area (Å²) in [6.07, 6.45) is 11.4. The van der Waals surface area contributed by atoms with E-state index in [2.05, 4.69) is 31.1 Å². The molecule has 3 fully saturated rings. The number of hydrogen-bond acceptors (Lipinski definition) is 7. The van der Waals surface area contributed by atoms with Gasteiger partial charge in [-0.1, -0.05) is 23.7 Å². The minimum atomic E-state index is -1.11. The molecule has 13 heteroatoms. The summed E-state index contributed by atoms with van der Waals surface area (Å²) in [6, 6.07) is 12.3. The van der Waals surface area contributed by atoms with Gasteiger partial charge in [-0.25, -0.2) is 9.78 Å². The minimum absolute atomic E-state index is 0.0704. The van der Waals surface area contributed by atoms with Crippen molar-refractivity contribution in [2.75, 3.05) is 25.0 Å². The van der Waals surface area contributed by atoms with Crippen molar-refractivity contribution in [1.82, 2.24) is 40.4 Å². The molecule has 0 unspecified atom stereocenters. The highest BCUT2D eigenvalue weighted by atomic mass is 35.5. The summed E-state index contributed by atoms with van der Waals surface area (Å²) in [5.74, 6) is 2.57. The third kappa shape index (κ3) is 6.54. The maximum Gasteiger partial charge on any atom is 0.409 e. The topological polar surface area (TPSA) is 154 Å². The number of piperidine rings is 2. The van der Waals surface area contributed by atoms with Crippen LogP contribution < -0.4 is 10.6 Å². The molecule has 0 spiro atoms. The first kappa shape index (κ1) is 30.1. The molecule has 2 saturated heterocycles. The van der Waals surface area contributed by atoms with E-state index in [0.717, 1.165) is 60.7 Å². The Hall–Kier alpha value is -4.55. The average molecular weight is 642 g/mol. The van der Waals surface area contributed by atoms with Gasteiger partial charge in [0, 0.05) is 40.7 Å².